The third-order valence-electron chi connectivity index (χ3n) is 0.779. The first kappa shape index (κ1) is 9.74. The van der Waals surface area contributed by atoms with Gasteiger partial charge in [-0.2, -0.15) is 5.26 Å². The molecule has 1 amide bonds. The number of nitroso groups, excluding NO2 is 1. The predicted octanol–water partition coefficient (Wildman–Crippen LogP) is -0.902. The topological polar surface area (TPSA) is 73.4 Å². The zero-order valence-electron chi connectivity index (χ0n) is 5.68. The molecule has 0 aliphatic heterocycles. The fourth-order valence-electron chi connectivity index (χ4n) is 0.360. The van der Waals surface area contributed by atoms with E-state index < -0.39 is 5.91 Å². The molecule has 0 saturated carbocycles. The molecule has 0 aromatic carbocycles. The number of ether oxygens (including phenoxy) is 1. The fourth-order valence-corrected chi connectivity index (χ4v) is 0.481. The summed E-state index contributed by atoms with van der Waals surface area (Å²) < 4.78 is 4.26. The van der Waals surface area contributed by atoms with Crippen molar-refractivity contribution in [1.29, 1.82) is 5.26 Å². The summed E-state index contributed by atoms with van der Waals surface area (Å²) in [6.45, 7) is -0.320. The Balaban J connectivity index is 4.24. The number of nitrogens with zero attached hydrogens (tertiary/aromatic N) is 3. The number of amides is 1. The zero-order valence-corrected chi connectivity index (χ0v) is 6.50. The number of hydrogen-bond donors (Lipinski definition) is 0. The van der Waals surface area contributed by atoms with Gasteiger partial charge in [0.1, 0.15) is 0 Å². The van der Waals surface area contributed by atoms with E-state index in [1.165, 1.54) is 13.2 Å². The van der Waals surface area contributed by atoms with Crippen molar-refractivity contribution < 1.29 is 13.8 Å². The summed E-state index contributed by atoms with van der Waals surface area (Å²) in [6.07, 6.45) is 0. The highest BCUT2D eigenvalue weighted by Gasteiger charge is 2.20. The first-order valence-corrected chi connectivity index (χ1v) is 2.84. The lowest BCUT2D eigenvalue weighted by atomic mass is 10.7. The third kappa shape index (κ3) is 2.88. The van der Waals surface area contributed by atoms with Gasteiger partial charge < -0.3 is 17.6 Å². The molecule has 6 nitrogen and oxygen atoms in total. The van der Waals surface area contributed by atoms with Crippen LogP contribution in [0.2, 0.25) is 0 Å². The van der Waals surface area contributed by atoms with Crippen LogP contribution < -0.4 is 0 Å². The summed E-state index contributed by atoms with van der Waals surface area (Å²) >= 11 is 4.06. The standard InChI is InChI=1S/C4H5N3O3S/c1-10-3-6(7(9)11)4(8)2-5/h3H2,1H3. The first-order valence-electron chi connectivity index (χ1n) is 2.48. The monoisotopic (exact) mass is 175 g/mol. The van der Waals surface area contributed by atoms with Gasteiger partial charge in [-0.05, 0) is 5.01 Å². The van der Waals surface area contributed by atoms with E-state index in [-0.39, 0.29) is 11.0 Å². The van der Waals surface area contributed by atoms with Crippen molar-refractivity contribution in [2.45, 2.75) is 0 Å². The van der Waals surface area contributed by atoms with E-state index in [4.69, 9.17) is 5.26 Å². The predicted molar refractivity (Wildman–Crippen MR) is 35.3 cm³/mol. The summed E-state index contributed by atoms with van der Waals surface area (Å²) in [5, 5.41) is 8.51. The summed E-state index contributed by atoms with van der Waals surface area (Å²) in [6, 6.07) is 1.23. The van der Waals surface area contributed by atoms with Crippen molar-refractivity contribution in [2.24, 2.45) is 0 Å². The van der Waals surface area contributed by atoms with Gasteiger partial charge in [-0.3, -0.25) is 4.79 Å². The summed E-state index contributed by atoms with van der Waals surface area (Å²) in [5.41, 5.74) is 0. The van der Waals surface area contributed by atoms with Crippen LogP contribution >= 0.6 is 0 Å². The molecule has 0 atom stereocenters. The molecule has 0 radical (unpaired) electrons. The summed E-state index contributed by atoms with van der Waals surface area (Å²) in [7, 11) is 1.27. The molecule has 0 aliphatic carbocycles. The first-order chi connectivity index (χ1) is 5.13. The molecular formula is C4H5N3O3S. The number of nitriles is 1. The lowest BCUT2D eigenvalue weighted by Crippen LogP contribution is -2.36. The molecule has 60 valence electrons. The third-order valence-corrected chi connectivity index (χ3v) is 0.976. The summed E-state index contributed by atoms with van der Waals surface area (Å²) in [4.78, 5) is 20.9. The zero-order chi connectivity index (χ0) is 8.85. The molecule has 11 heavy (non-hydrogen) atoms. The van der Waals surface area contributed by atoms with Crippen molar-refractivity contribution in [3.8, 4) is 6.07 Å². The lowest BCUT2D eigenvalue weighted by Gasteiger charge is -2.08. The minimum atomic E-state index is -1.04. The maximum Gasteiger partial charge on any atom is 0.383 e. The molecule has 0 saturated heterocycles. The molecule has 0 aromatic rings. The smallest absolute Gasteiger partial charge is 0.358 e. The Labute approximate surface area is 68.4 Å². The van der Waals surface area contributed by atoms with Crippen LogP contribution in [0, 0.1) is 16.2 Å². The number of methoxy groups -OCH3 is 1. The maximum atomic E-state index is 10.5. The van der Waals surface area contributed by atoms with Crippen LogP contribution in [0.15, 0.2) is 0 Å². The summed E-state index contributed by atoms with van der Waals surface area (Å²) in [5.74, 6) is -1.04. The van der Waals surface area contributed by atoms with Gasteiger partial charge >= 0.3 is 5.91 Å². The molecule has 7 heteroatoms. The van der Waals surface area contributed by atoms with Crippen LogP contribution in [0.25, 0.3) is 0 Å². The van der Waals surface area contributed by atoms with Crippen LogP contribution in [-0.2, 0) is 22.3 Å². The molecule has 0 fully saturated rings. The Hall–Kier alpha value is -1.26. The van der Waals surface area contributed by atoms with Crippen LogP contribution in [0.4, 0.5) is 0 Å². The number of hydrazine groups is 1. The molecule has 0 spiro atoms. The van der Waals surface area contributed by atoms with Crippen LogP contribution in [-0.4, -0.2) is 29.0 Å². The van der Waals surface area contributed by atoms with Gasteiger partial charge in [-0.25, -0.2) is 0 Å². The van der Waals surface area contributed by atoms with E-state index in [9.17, 15) is 9.70 Å². The largest absolute Gasteiger partial charge is 0.383 e. The van der Waals surface area contributed by atoms with Crippen molar-refractivity contribution in [2.75, 3.05) is 13.8 Å². The van der Waals surface area contributed by atoms with E-state index >= 15 is 0 Å². The second-order valence-electron chi connectivity index (χ2n) is 1.47. The van der Waals surface area contributed by atoms with Crippen LogP contribution in [0.5, 0.6) is 0 Å². The molecular weight excluding hydrogens is 170 g/mol. The molecule has 0 bridgehead atoms. The van der Waals surface area contributed by atoms with Crippen molar-refractivity contribution in [3.05, 3.63) is 4.91 Å². The second-order valence-corrected chi connectivity index (χ2v) is 1.78. The van der Waals surface area contributed by atoms with Gasteiger partial charge in [0.25, 0.3) is 0 Å². The Bertz CT molecular complexity index is 211. The minimum Gasteiger partial charge on any atom is -0.358 e. The average Bonchev–Trinajstić information content (AvgIpc) is 1.98. The van der Waals surface area contributed by atoms with E-state index in [0.717, 1.165) is 0 Å². The number of rotatable bonds is 3. The second kappa shape index (κ2) is 4.54. The van der Waals surface area contributed by atoms with Crippen LogP contribution in [0.1, 0.15) is 0 Å². The molecule has 0 N–H and O–H groups in total. The quantitative estimate of drug-likeness (QED) is 0.183. The highest BCUT2D eigenvalue weighted by atomic mass is 32.1. The Morgan fingerprint density at radius 3 is 2.73 bits per heavy atom. The van der Waals surface area contributed by atoms with E-state index in [1.54, 1.807) is 0 Å². The van der Waals surface area contributed by atoms with Gasteiger partial charge in [0.2, 0.25) is 0 Å². The van der Waals surface area contributed by atoms with E-state index in [0.29, 0.717) is 5.01 Å². The Kier molecular flexibility index (Phi) is 4.02. The van der Waals surface area contributed by atoms with Crippen molar-refractivity contribution in [3.63, 3.8) is 0 Å². The van der Waals surface area contributed by atoms with Gasteiger partial charge in [-0.15, -0.1) is 0 Å². The van der Waals surface area contributed by atoms with Gasteiger partial charge in [0.15, 0.2) is 12.8 Å². The molecule has 0 aliphatic rings. The maximum absolute atomic E-state index is 10.5. The van der Waals surface area contributed by atoms with E-state index in [2.05, 4.69) is 17.6 Å². The normalized spacial score (nSPS) is 8.36. The SMILES string of the molecule is COCN(C(=O)C#N)[N+](=O)[S-]. The highest BCUT2D eigenvalue weighted by molar-refractivity contribution is 7.51. The minimum absolute atomic E-state index is 0.172. The number of carbonyl (C=O) groups is 1. The number of hydrogen-bond acceptors (Lipinski definition) is 5. The van der Waals surface area contributed by atoms with Crippen molar-refractivity contribution >= 4 is 18.7 Å². The highest BCUT2D eigenvalue weighted by Crippen LogP contribution is 1.88. The molecule has 0 heterocycles. The molecule has 0 unspecified atom stereocenters. The fraction of sp³-hybridized carbons (Fsp3) is 0.500. The Morgan fingerprint density at radius 2 is 2.45 bits per heavy atom. The van der Waals surface area contributed by atoms with Gasteiger partial charge in [0, 0.05) is 16.3 Å². The number of carbonyl (C=O) groups excluding carboxylic acids is 1. The van der Waals surface area contributed by atoms with Crippen LogP contribution in [0.3, 0.4) is 0 Å². The van der Waals surface area contributed by atoms with Crippen molar-refractivity contribution in [1.82, 2.24) is 5.01 Å². The molecule has 0 aromatic heterocycles. The van der Waals surface area contributed by atoms with Gasteiger partial charge in [0.05, 0.1) is 0 Å². The lowest BCUT2D eigenvalue weighted by molar-refractivity contribution is -0.555. The van der Waals surface area contributed by atoms with Gasteiger partial charge in [-0.1, -0.05) is 0 Å². The van der Waals surface area contributed by atoms with E-state index in [1.807, 2.05) is 0 Å². The molecule has 0 rings (SSSR count). The average molecular weight is 175 g/mol. The Morgan fingerprint density at radius 1 is 1.91 bits per heavy atom.